The van der Waals surface area contributed by atoms with Gasteiger partial charge in [-0.15, -0.1) is 0 Å². The molecule has 0 spiro atoms. The van der Waals surface area contributed by atoms with E-state index in [9.17, 15) is 26.4 Å². The summed E-state index contributed by atoms with van der Waals surface area (Å²) in [6.45, 7) is 0. The number of rotatable bonds is 3. The Hall–Kier alpha value is -0.990. The van der Waals surface area contributed by atoms with E-state index in [2.05, 4.69) is 4.18 Å². The average Bonchev–Trinajstić information content (AvgIpc) is 2.21. The van der Waals surface area contributed by atoms with Crippen LogP contribution < -0.4 is 4.18 Å². The molecule has 0 atom stereocenters. The maximum Gasteiger partial charge on any atom is 0.534 e. The van der Waals surface area contributed by atoms with E-state index in [1.165, 1.54) is 0 Å². The number of carbonyl (C=O) groups is 1. The predicted molar refractivity (Wildman–Crippen MR) is 57.5 cm³/mol. The quantitative estimate of drug-likeness (QED) is 0.487. The summed E-state index contributed by atoms with van der Waals surface area (Å²) in [5.74, 6) is -0.888. The summed E-state index contributed by atoms with van der Waals surface area (Å²) in [7, 11) is -5.87. The van der Waals surface area contributed by atoms with Crippen LogP contribution in [0.15, 0.2) is 12.1 Å². The fraction of sp³-hybridized carbons (Fsp3) is 0.125. The van der Waals surface area contributed by atoms with Crippen LogP contribution in [0.2, 0.25) is 10.0 Å². The number of hydrogen-bond acceptors (Lipinski definition) is 4. The summed E-state index contributed by atoms with van der Waals surface area (Å²) in [4.78, 5) is 10.4. The summed E-state index contributed by atoms with van der Waals surface area (Å²) in [5, 5.41) is -1.06. The predicted octanol–water partition coefficient (Wildman–Crippen LogP) is 3.03. The summed E-state index contributed by atoms with van der Waals surface area (Å²) in [5.41, 5.74) is -5.65. The first-order valence-corrected chi connectivity index (χ1v) is 6.20. The van der Waals surface area contributed by atoms with Crippen LogP contribution in [-0.2, 0) is 10.1 Å². The van der Waals surface area contributed by atoms with Crippen molar-refractivity contribution in [1.29, 1.82) is 0 Å². The minimum atomic E-state index is -5.87. The lowest BCUT2D eigenvalue weighted by atomic mass is 10.2. The van der Waals surface area contributed by atoms with Crippen LogP contribution >= 0.6 is 23.2 Å². The third-order valence-electron chi connectivity index (χ3n) is 1.63. The number of hydrogen-bond donors (Lipinski definition) is 0. The highest BCUT2D eigenvalue weighted by atomic mass is 35.5. The first-order valence-electron chi connectivity index (χ1n) is 4.03. The van der Waals surface area contributed by atoms with Gasteiger partial charge in [0.1, 0.15) is 6.29 Å². The summed E-state index contributed by atoms with van der Waals surface area (Å²) in [6, 6.07) is 1.84. The molecule has 10 heteroatoms. The zero-order valence-corrected chi connectivity index (χ0v) is 10.5. The minimum absolute atomic E-state index is 0.0400. The van der Waals surface area contributed by atoms with Gasteiger partial charge in [0, 0.05) is 5.56 Å². The lowest BCUT2D eigenvalue weighted by molar-refractivity contribution is -0.0500. The molecule has 0 amide bonds. The van der Waals surface area contributed by atoms with Gasteiger partial charge < -0.3 is 4.18 Å². The molecule has 0 bridgehead atoms. The third kappa shape index (κ3) is 3.06. The van der Waals surface area contributed by atoms with E-state index in [-0.39, 0.29) is 5.56 Å². The Morgan fingerprint density at radius 2 is 1.61 bits per heavy atom. The number of aldehydes is 1. The maximum atomic E-state index is 12.1. The Bertz CT molecular complexity index is 559. The third-order valence-corrected chi connectivity index (χ3v) is 3.15. The Balaban J connectivity index is 3.26. The maximum absolute atomic E-state index is 12.1. The van der Waals surface area contributed by atoms with Gasteiger partial charge in [-0.05, 0) is 12.1 Å². The van der Waals surface area contributed by atoms with Gasteiger partial charge in [0.05, 0.1) is 10.0 Å². The van der Waals surface area contributed by atoms with Gasteiger partial charge in [-0.1, -0.05) is 23.2 Å². The first kappa shape index (κ1) is 15.1. The Morgan fingerprint density at radius 1 is 1.17 bits per heavy atom. The van der Waals surface area contributed by atoms with Crippen molar-refractivity contribution in [3.05, 3.63) is 27.7 Å². The van der Waals surface area contributed by atoms with Crippen molar-refractivity contribution in [2.75, 3.05) is 0 Å². The molecule has 4 nitrogen and oxygen atoms in total. The highest BCUT2D eigenvalue weighted by Crippen LogP contribution is 2.37. The second-order valence-electron chi connectivity index (χ2n) is 2.91. The molecule has 0 aliphatic heterocycles. The van der Waals surface area contributed by atoms with Gasteiger partial charge in [-0.2, -0.15) is 21.6 Å². The molecule has 100 valence electrons. The average molecular weight is 323 g/mol. The largest absolute Gasteiger partial charge is 0.534 e. The van der Waals surface area contributed by atoms with Gasteiger partial charge in [-0.25, -0.2) is 0 Å². The molecule has 0 saturated heterocycles. The first-order chi connectivity index (χ1) is 8.08. The van der Waals surface area contributed by atoms with Crippen molar-refractivity contribution in [2.24, 2.45) is 0 Å². The molecule has 0 fully saturated rings. The SMILES string of the molecule is O=Cc1cc(Cl)c(OS(=O)(=O)C(F)(F)F)c(Cl)c1. The van der Waals surface area contributed by atoms with Crippen molar-refractivity contribution in [2.45, 2.75) is 5.51 Å². The van der Waals surface area contributed by atoms with Crippen molar-refractivity contribution in [1.82, 2.24) is 0 Å². The number of alkyl halides is 3. The van der Waals surface area contributed by atoms with Crippen LogP contribution in [0, 0.1) is 0 Å². The van der Waals surface area contributed by atoms with E-state index in [4.69, 9.17) is 23.2 Å². The second kappa shape index (κ2) is 4.94. The van der Waals surface area contributed by atoms with E-state index in [0.717, 1.165) is 12.1 Å². The normalized spacial score (nSPS) is 12.3. The zero-order chi connectivity index (χ0) is 14.1. The molecule has 0 unspecified atom stereocenters. The van der Waals surface area contributed by atoms with Gasteiger partial charge >= 0.3 is 15.6 Å². The topological polar surface area (TPSA) is 60.4 Å². The van der Waals surface area contributed by atoms with E-state index in [1.54, 1.807) is 0 Å². The van der Waals surface area contributed by atoms with Gasteiger partial charge in [0.2, 0.25) is 0 Å². The van der Waals surface area contributed by atoms with Crippen LogP contribution in [0.5, 0.6) is 5.75 Å². The van der Waals surface area contributed by atoms with E-state index < -0.39 is 31.4 Å². The summed E-state index contributed by atoms with van der Waals surface area (Å²) >= 11 is 10.9. The van der Waals surface area contributed by atoms with Crippen molar-refractivity contribution >= 4 is 39.6 Å². The molecule has 0 aliphatic carbocycles. The fourth-order valence-electron chi connectivity index (χ4n) is 0.884. The van der Waals surface area contributed by atoms with E-state index in [1.807, 2.05) is 0 Å². The van der Waals surface area contributed by atoms with Crippen LogP contribution in [0.3, 0.4) is 0 Å². The van der Waals surface area contributed by atoms with Crippen LogP contribution in [0.1, 0.15) is 10.4 Å². The molecule has 1 aromatic carbocycles. The van der Waals surface area contributed by atoms with Gasteiger partial charge in [0.15, 0.2) is 5.75 Å². The van der Waals surface area contributed by atoms with E-state index in [0.29, 0.717) is 6.29 Å². The number of halogens is 5. The highest BCUT2D eigenvalue weighted by Gasteiger charge is 2.49. The minimum Gasteiger partial charge on any atom is -0.373 e. The van der Waals surface area contributed by atoms with Gasteiger partial charge in [0.25, 0.3) is 0 Å². The number of carbonyl (C=O) groups excluding carboxylic acids is 1. The molecular weight excluding hydrogens is 320 g/mol. The van der Waals surface area contributed by atoms with Gasteiger partial charge in [-0.3, -0.25) is 4.79 Å². The smallest absolute Gasteiger partial charge is 0.373 e. The molecule has 0 radical (unpaired) electrons. The van der Waals surface area contributed by atoms with Crippen LogP contribution in [-0.4, -0.2) is 20.2 Å². The zero-order valence-electron chi connectivity index (χ0n) is 8.16. The molecular formula is C8H3Cl2F3O4S. The highest BCUT2D eigenvalue weighted by molar-refractivity contribution is 7.88. The standard InChI is InChI=1S/C8H3Cl2F3O4S/c9-5-1-4(3-14)2-6(10)7(5)17-18(15,16)8(11,12)13/h1-3H. The van der Waals surface area contributed by atoms with Crippen molar-refractivity contribution in [3.63, 3.8) is 0 Å². The van der Waals surface area contributed by atoms with Crippen molar-refractivity contribution in [3.8, 4) is 5.75 Å². The summed E-state index contributed by atoms with van der Waals surface area (Å²) in [6.07, 6.45) is 0.333. The lowest BCUT2D eigenvalue weighted by Crippen LogP contribution is -2.28. The molecule has 0 aliphatic rings. The molecule has 1 aromatic rings. The monoisotopic (exact) mass is 322 g/mol. The Kier molecular flexibility index (Phi) is 4.14. The second-order valence-corrected chi connectivity index (χ2v) is 5.27. The molecule has 1 rings (SSSR count). The van der Waals surface area contributed by atoms with Crippen LogP contribution in [0.4, 0.5) is 13.2 Å². The van der Waals surface area contributed by atoms with E-state index >= 15 is 0 Å². The fourth-order valence-corrected chi connectivity index (χ4v) is 2.05. The molecule has 0 saturated carbocycles. The lowest BCUT2D eigenvalue weighted by Gasteiger charge is -2.12. The summed E-state index contributed by atoms with van der Waals surface area (Å²) < 4.78 is 61.5. The molecule has 0 N–H and O–H groups in total. The van der Waals surface area contributed by atoms with Crippen LogP contribution in [0.25, 0.3) is 0 Å². The number of benzene rings is 1. The Labute approximate surface area is 109 Å². The molecule has 0 heterocycles. The van der Waals surface area contributed by atoms with Crippen molar-refractivity contribution < 1.29 is 30.6 Å². The Morgan fingerprint density at radius 3 is 1.94 bits per heavy atom. The molecule has 0 aromatic heterocycles. The molecule has 18 heavy (non-hydrogen) atoms.